The summed E-state index contributed by atoms with van der Waals surface area (Å²) in [7, 11) is 0. The van der Waals surface area contributed by atoms with Gasteiger partial charge < -0.3 is 4.90 Å². The normalized spacial score (nSPS) is 12.5. The zero-order chi connectivity index (χ0) is 37.2. The minimum absolute atomic E-state index is 0.715. The molecule has 0 N–H and O–H groups in total. The molecule has 12 aromatic rings. The van der Waals surface area contributed by atoms with Crippen LogP contribution in [-0.4, -0.2) is 9.97 Å². The van der Waals surface area contributed by atoms with Gasteiger partial charge in [-0.2, -0.15) is 0 Å². The largest absolute Gasteiger partial charge is 0.308 e. The summed E-state index contributed by atoms with van der Waals surface area (Å²) in [5.41, 5.74) is 9.98. The summed E-state index contributed by atoms with van der Waals surface area (Å²) >= 11 is 3.63. The molecule has 0 bridgehead atoms. The monoisotopic (exact) mass is 759 g/mol. The number of aromatic nitrogens is 2. The van der Waals surface area contributed by atoms with Crippen molar-refractivity contribution in [3.8, 4) is 33.8 Å². The lowest BCUT2D eigenvalue weighted by molar-refractivity contribution is 1.23. The Morgan fingerprint density at radius 2 is 1.02 bits per heavy atom. The average Bonchev–Trinajstić information content (AvgIpc) is 3.85. The standard InChI is InChI=1S/C52H29N3S2/c1-3-16-33-30(12-1)27-29-41-46(33)37-20-9-14-32-15-10-22-40(45(32)37)55(41)50-34-17-4-2-13-31(34)26-28-39(50)52-53-48-36-19-6-8-24-43(36)57-51(48)49(54-52)38-21-11-25-44-47(38)35-18-5-7-23-42(35)56-44/h1-29H. The summed E-state index contributed by atoms with van der Waals surface area (Å²) in [6.45, 7) is 0. The predicted molar refractivity (Wildman–Crippen MR) is 245 cm³/mol. The molecular formula is C52H29N3S2. The topological polar surface area (TPSA) is 29.0 Å². The Kier molecular flexibility index (Phi) is 6.48. The molecule has 0 saturated carbocycles. The Hall–Kier alpha value is -6.92. The Balaban J connectivity index is 1.18. The first-order valence-corrected chi connectivity index (χ1v) is 20.9. The van der Waals surface area contributed by atoms with Gasteiger partial charge in [-0.3, -0.25) is 0 Å². The van der Waals surface area contributed by atoms with Gasteiger partial charge >= 0.3 is 0 Å². The van der Waals surface area contributed by atoms with Crippen LogP contribution in [0.4, 0.5) is 17.1 Å². The molecule has 9 aromatic carbocycles. The van der Waals surface area contributed by atoms with Crippen LogP contribution >= 0.6 is 22.7 Å². The van der Waals surface area contributed by atoms with Crippen LogP contribution in [0, 0.1) is 0 Å². The second-order valence-electron chi connectivity index (χ2n) is 14.8. The van der Waals surface area contributed by atoms with Crippen molar-refractivity contribution >= 4 is 113 Å². The van der Waals surface area contributed by atoms with Crippen LogP contribution in [0.15, 0.2) is 176 Å². The number of hydrogen-bond donors (Lipinski definition) is 0. The molecule has 0 unspecified atom stereocenters. The van der Waals surface area contributed by atoms with E-state index in [0.29, 0.717) is 5.82 Å². The second kappa shape index (κ2) is 11.8. The first-order chi connectivity index (χ1) is 28.3. The van der Waals surface area contributed by atoms with E-state index in [4.69, 9.17) is 9.97 Å². The molecule has 3 aromatic heterocycles. The number of thiophene rings is 2. The van der Waals surface area contributed by atoms with Crippen molar-refractivity contribution in [3.63, 3.8) is 0 Å². The first-order valence-electron chi connectivity index (χ1n) is 19.2. The van der Waals surface area contributed by atoms with Gasteiger partial charge in [0.15, 0.2) is 5.82 Å². The van der Waals surface area contributed by atoms with Crippen molar-refractivity contribution < 1.29 is 0 Å². The number of nitrogens with zero attached hydrogens (tertiary/aromatic N) is 3. The molecule has 3 nitrogen and oxygen atoms in total. The Morgan fingerprint density at radius 1 is 0.386 bits per heavy atom. The van der Waals surface area contributed by atoms with E-state index < -0.39 is 0 Å². The number of hydrogen-bond acceptors (Lipinski definition) is 5. The summed E-state index contributed by atoms with van der Waals surface area (Å²) in [5.74, 6) is 0.715. The lowest BCUT2D eigenvalue weighted by Crippen LogP contribution is -2.17. The van der Waals surface area contributed by atoms with Gasteiger partial charge in [-0.1, -0.05) is 140 Å². The molecule has 0 fully saturated rings. The van der Waals surface area contributed by atoms with E-state index >= 15 is 0 Å². The van der Waals surface area contributed by atoms with E-state index in [2.05, 4.69) is 181 Å². The van der Waals surface area contributed by atoms with Gasteiger partial charge in [0.25, 0.3) is 0 Å². The van der Waals surface area contributed by atoms with Crippen molar-refractivity contribution in [1.29, 1.82) is 0 Å². The summed E-state index contributed by atoms with van der Waals surface area (Å²) < 4.78 is 4.86. The zero-order valence-electron chi connectivity index (χ0n) is 30.4. The third-order valence-electron chi connectivity index (χ3n) is 11.8. The zero-order valence-corrected chi connectivity index (χ0v) is 32.0. The van der Waals surface area contributed by atoms with Crippen molar-refractivity contribution in [3.05, 3.63) is 176 Å². The van der Waals surface area contributed by atoms with Gasteiger partial charge in [-0.05, 0) is 63.5 Å². The minimum atomic E-state index is 0.715. The van der Waals surface area contributed by atoms with Crippen LogP contribution in [0.5, 0.6) is 0 Å². The molecule has 0 spiro atoms. The Labute approximate surface area is 335 Å². The molecule has 0 amide bonds. The highest BCUT2D eigenvalue weighted by Gasteiger charge is 2.31. The van der Waals surface area contributed by atoms with Gasteiger partial charge in [-0.15, -0.1) is 22.7 Å². The molecule has 5 heteroatoms. The van der Waals surface area contributed by atoms with Gasteiger partial charge in [0.2, 0.25) is 0 Å². The molecule has 0 aliphatic carbocycles. The molecule has 4 heterocycles. The number of rotatable bonds is 3. The fourth-order valence-corrected chi connectivity index (χ4v) is 11.6. The summed E-state index contributed by atoms with van der Waals surface area (Å²) in [6.07, 6.45) is 0. The molecule has 13 rings (SSSR count). The van der Waals surface area contributed by atoms with Crippen molar-refractivity contribution in [2.75, 3.05) is 4.90 Å². The van der Waals surface area contributed by atoms with E-state index in [1.54, 1.807) is 11.3 Å². The average molecular weight is 760 g/mol. The van der Waals surface area contributed by atoms with E-state index in [1.165, 1.54) is 62.9 Å². The van der Waals surface area contributed by atoms with Crippen LogP contribution in [0.2, 0.25) is 0 Å². The van der Waals surface area contributed by atoms with Crippen LogP contribution < -0.4 is 4.90 Å². The van der Waals surface area contributed by atoms with Crippen LogP contribution in [0.3, 0.4) is 0 Å². The van der Waals surface area contributed by atoms with Crippen LogP contribution in [0.25, 0.3) is 107 Å². The molecule has 1 aliphatic heterocycles. The molecule has 264 valence electrons. The SMILES string of the molecule is c1ccc2c3c(ccc2c1)N(c1c(-c2nc(-c4cccc5sc6ccccc6c45)c4sc5ccccc5c4n2)ccc2ccccc12)c1cccc2cccc-3c12. The minimum Gasteiger partial charge on any atom is -0.308 e. The van der Waals surface area contributed by atoms with E-state index in [1.807, 2.05) is 11.3 Å². The molecule has 0 atom stereocenters. The quantitative estimate of drug-likeness (QED) is 0.180. The second-order valence-corrected chi connectivity index (χ2v) is 17.0. The van der Waals surface area contributed by atoms with Crippen LogP contribution in [0.1, 0.15) is 0 Å². The molecule has 1 aliphatic rings. The van der Waals surface area contributed by atoms with Crippen molar-refractivity contribution in [2.45, 2.75) is 0 Å². The highest BCUT2D eigenvalue weighted by atomic mass is 32.1. The van der Waals surface area contributed by atoms with Gasteiger partial charge in [0, 0.05) is 57.7 Å². The Bertz CT molecular complexity index is 3670. The van der Waals surface area contributed by atoms with E-state index in [-0.39, 0.29) is 0 Å². The lowest BCUT2D eigenvalue weighted by atomic mass is 9.87. The maximum Gasteiger partial charge on any atom is 0.162 e. The molecule has 0 radical (unpaired) electrons. The maximum absolute atomic E-state index is 5.71. The highest BCUT2D eigenvalue weighted by Crippen LogP contribution is 2.56. The van der Waals surface area contributed by atoms with Gasteiger partial charge in [0.1, 0.15) is 0 Å². The summed E-state index contributed by atoms with van der Waals surface area (Å²) in [6, 6.07) is 64.1. The highest BCUT2D eigenvalue weighted by molar-refractivity contribution is 7.26. The summed E-state index contributed by atoms with van der Waals surface area (Å²) in [4.78, 5) is 13.8. The molecule has 0 saturated heterocycles. The van der Waals surface area contributed by atoms with Gasteiger partial charge in [-0.25, -0.2) is 9.97 Å². The number of benzene rings is 9. The maximum atomic E-state index is 5.71. The van der Waals surface area contributed by atoms with Crippen LogP contribution in [-0.2, 0) is 0 Å². The fourth-order valence-electron chi connectivity index (χ4n) is 9.36. The smallest absolute Gasteiger partial charge is 0.162 e. The lowest BCUT2D eigenvalue weighted by Gasteiger charge is -2.36. The predicted octanol–water partition coefficient (Wildman–Crippen LogP) is 15.5. The van der Waals surface area contributed by atoms with E-state index in [0.717, 1.165) is 54.9 Å². The Morgan fingerprint density at radius 3 is 1.88 bits per heavy atom. The molecular weight excluding hydrogens is 731 g/mol. The van der Waals surface area contributed by atoms with E-state index in [9.17, 15) is 0 Å². The summed E-state index contributed by atoms with van der Waals surface area (Å²) in [5, 5.41) is 10.9. The number of fused-ring (bicyclic) bond motifs is 11. The van der Waals surface area contributed by atoms with Gasteiger partial charge in [0.05, 0.1) is 33.0 Å². The van der Waals surface area contributed by atoms with Crippen molar-refractivity contribution in [2.24, 2.45) is 0 Å². The third kappa shape index (κ3) is 4.41. The van der Waals surface area contributed by atoms with Crippen molar-refractivity contribution in [1.82, 2.24) is 9.97 Å². The number of anilines is 3. The molecule has 57 heavy (non-hydrogen) atoms. The first kappa shape index (κ1) is 31.3. The third-order valence-corrected chi connectivity index (χ3v) is 14.1. The fraction of sp³-hybridized carbons (Fsp3) is 0.